The molecule has 0 bridgehead atoms. The zero-order valence-corrected chi connectivity index (χ0v) is 35.2. The molecule has 66 heavy (non-hydrogen) atoms. The molecule has 1 amide bonds. The molecule has 0 aliphatic carbocycles. The van der Waals surface area contributed by atoms with Crippen LogP contribution in [0.4, 0.5) is 11.4 Å². The molecule has 15 nitrogen and oxygen atoms in total. The maximum atomic E-state index is 12.0. The molecule has 0 saturated carbocycles. The number of rotatable bonds is 11. The number of morpholine rings is 2. The molecular formula is C50H57ClN10O5. The average Bonchev–Trinajstić information content (AvgIpc) is 3.32. The minimum absolute atomic E-state index is 0. The number of nitriles is 2. The minimum atomic E-state index is -2.08. The van der Waals surface area contributed by atoms with Gasteiger partial charge in [0.1, 0.15) is 18.2 Å². The second-order valence-electron chi connectivity index (χ2n) is 13.6. The number of anilines is 2. The summed E-state index contributed by atoms with van der Waals surface area (Å²) in [7, 11) is 0. The van der Waals surface area contributed by atoms with Crippen LogP contribution >= 0.6 is 12.4 Å². The first-order valence-corrected chi connectivity index (χ1v) is 19.5. The molecule has 16 heteroatoms. The van der Waals surface area contributed by atoms with Crippen molar-refractivity contribution in [3.8, 4) is 34.7 Å². The SMILES string of the molecule is C.C.Cl.N#CCN.[2H]C1([2H])CN(c2ccc(Cc3nccc(-c4ccc(C(=O)NCC#N)cc4)n3)cc2)CC([2H])([2H])O1.[2H]C1([2H])CN(c2ccc(Cc3nccc(-c4ccc(C(=O)O)cc4)n3)cc2)CC([2H])([2H])O1. The van der Waals surface area contributed by atoms with Crippen LogP contribution in [-0.2, 0) is 22.3 Å². The smallest absolute Gasteiger partial charge is 0.335 e. The molecule has 2 aliphatic rings. The van der Waals surface area contributed by atoms with E-state index in [1.807, 2.05) is 54.6 Å². The molecule has 4 heterocycles. The summed E-state index contributed by atoms with van der Waals surface area (Å²) in [6.07, 6.45) is 4.30. The summed E-state index contributed by atoms with van der Waals surface area (Å²) < 4.78 is 72.2. The van der Waals surface area contributed by atoms with Gasteiger partial charge in [-0.3, -0.25) is 4.79 Å². The Morgan fingerprint density at radius 2 is 1.05 bits per heavy atom. The van der Waals surface area contributed by atoms with Gasteiger partial charge in [-0.1, -0.05) is 63.4 Å². The first-order chi connectivity index (χ1) is 33.7. The van der Waals surface area contributed by atoms with Crippen LogP contribution in [0.5, 0.6) is 0 Å². The Bertz CT molecular complexity index is 2840. The van der Waals surface area contributed by atoms with E-state index in [0.29, 0.717) is 52.8 Å². The van der Waals surface area contributed by atoms with Gasteiger partial charge in [-0.2, -0.15) is 10.5 Å². The van der Waals surface area contributed by atoms with E-state index in [0.717, 1.165) is 22.3 Å². The monoisotopic (exact) mass is 920 g/mol. The van der Waals surface area contributed by atoms with Crippen molar-refractivity contribution in [3.05, 3.63) is 155 Å². The van der Waals surface area contributed by atoms with Crippen molar-refractivity contribution in [2.45, 2.75) is 27.7 Å². The van der Waals surface area contributed by atoms with Crippen LogP contribution in [-0.4, -0.2) is 102 Å². The van der Waals surface area contributed by atoms with Crippen molar-refractivity contribution in [1.82, 2.24) is 25.3 Å². The molecule has 2 fully saturated rings. The summed E-state index contributed by atoms with van der Waals surface area (Å²) in [6.45, 7) is -8.45. The standard InChI is InChI=1S/C24H23N5O2.C22H21N3O3.C2H4N2.2CH4.ClH/c25-10-12-27-24(30)20-5-3-19(4-6-20)22-9-11-26-23(28-22)17-18-1-7-21(8-2-18)29-13-15-31-16-14-29;26-22(27)18-5-3-17(4-6-18)20-9-10-23-21(24-20)15-16-1-7-19(8-2-16)25-11-13-28-14-12-25;3-1-2-4;;;/h1-9,11H,12-17H2,(H,27,30);1-10H,11-15H2,(H,26,27);1,3H2;2*1H4;1H/i15D2,16D2;13D2,14D2;;;;. The van der Waals surface area contributed by atoms with Gasteiger partial charge in [0.2, 0.25) is 0 Å². The fourth-order valence-corrected chi connectivity index (χ4v) is 6.12. The summed E-state index contributed by atoms with van der Waals surface area (Å²) in [5.74, 6) is -0.0660. The van der Waals surface area contributed by atoms with Crippen molar-refractivity contribution < 1.29 is 35.1 Å². The van der Waals surface area contributed by atoms with Gasteiger partial charge in [-0.25, -0.2) is 24.7 Å². The Morgan fingerprint density at radius 1 is 0.652 bits per heavy atom. The quantitative estimate of drug-likeness (QED) is 0.109. The number of nitrogens with zero attached hydrogens (tertiary/aromatic N) is 8. The highest BCUT2D eigenvalue weighted by Crippen LogP contribution is 2.22. The third-order valence-electron chi connectivity index (χ3n) is 9.34. The van der Waals surface area contributed by atoms with Crippen LogP contribution in [0.1, 0.15) is 69.3 Å². The normalized spacial score (nSPS) is 17.4. The molecule has 4 aromatic carbocycles. The molecule has 6 aromatic rings. The lowest BCUT2D eigenvalue weighted by Crippen LogP contribution is -2.36. The number of benzene rings is 4. The molecule has 8 rings (SSSR count). The van der Waals surface area contributed by atoms with Crippen LogP contribution in [0.3, 0.4) is 0 Å². The zero-order chi connectivity index (χ0) is 51.4. The molecule has 0 unspecified atom stereocenters. The van der Waals surface area contributed by atoms with E-state index < -0.39 is 32.2 Å². The van der Waals surface area contributed by atoms with Gasteiger partial charge in [0, 0.05) is 79.5 Å². The van der Waals surface area contributed by atoms with Crippen molar-refractivity contribution in [3.63, 3.8) is 0 Å². The number of carboxylic acids is 1. The molecule has 2 saturated heterocycles. The molecule has 2 aromatic heterocycles. The molecular weight excluding hydrogens is 856 g/mol. The molecule has 2 aliphatic heterocycles. The first kappa shape index (κ1) is 41.4. The summed E-state index contributed by atoms with van der Waals surface area (Å²) >= 11 is 0. The number of carbonyl (C=O) groups is 2. The maximum absolute atomic E-state index is 12.0. The third kappa shape index (κ3) is 15.8. The largest absolute Gasteiger partial charge is 0.478 e. The summed E-state index contributed by atoms with van der Waals surface area (Å²) in [5, 5.41) is 27.6. The lowest BCUT2D eigenvalue weighted by atomic mass is 10.1. The summed E-state index contributed by atoms with van der Waals surface area (Å²) in [6, 6.07) is 35.4. The predicted molar refractivity (Wildman–Crippen MR) is 260 cm³/mol. The predicted octanol–water partition coefficient (Wildman–Crippen LogP) is 7.26. The Balaban J connectivity index is 0.000000352. The van der Waals surface area contributed by atoms with Gasteiger partial charge in [0.15, 0.2) is 0 Å². The minimum Gasteiger partial charge on any atom is -0.478 e. The van der Waals surface area contributed by atoms with Gasteiger partial charge in [0.05, 0.1) is 72.8 Å². The van der Waals surface area contributed by atoms with Gasteiger partial charge in [-0.05, 0) is 71.8 Å². The molecule has 0 spiro atoms. The van der Waals surface area contributed by atoms with E-state index in [9.17, 15) is 9.59 Å². The Morgan fingerprint density at radius 3 is 1.41 bits per heavy atom. The number of carboxylic acid groups (broad SMARTS) is 1. The van der Waals surface area contributed by atoms with Crippen LogP contribution in [0.15, 0.2) is 122 Å². The number of aromatic nitrogens is 4. The van der Waals surface area contributed by atoms with Crippen molar-refractivity contribution in [1.29, 1.82) is 10.5 Å². The highest BCUT2D eigenvalue weighted by Gasteiger charge is 2.14. The van der Waals surface area contributed by atoms with Crippen LogP contribution < -0.4 is 20.9 Å². The van der Waals surface area contributed by atoms with Crippen LogP contribution in [0.25, 0.3) is 22.5 Å². The van der Waals surface area contributed by atoms with Gasteiger partial charge < -0.3 is 35.4 Å². The highest BCUT2D eigenvalue weighted by atomic mass is 35.5. The zero-order valence-electron chi connectivity index (χ0n) is 42.3. The molecule has 0 atom stereocenters. The summed E-state index contributed by atoms with van der Waals surface area (Å²) in [4.78, 5) is 44.1. The lowest BCUT2D eigenvalue weighted by Gasteiger charge is -2.28. The Hall–Kier alpha value is -7.27. The topological polar surface area (TPSA) is 216 Å². The first-order valence-electron chi connectivity index (χ1n) is 23.5. The maximum Gasteiger partial charge on any atom is 0.335 e. The Labute approximate surface area is 404 Å². The molecule has 0 radical (unpaired) electrons. The summed E-state index contributed by atoms with van der Waals surface area (Å²) in [5.41, 5.74) is 11.7. The van der Waals surface area contributed by atoms with E-state index in [1.54, 1.807) is 76.8 Å². The molecule has 4 N–H and O–H groups in total. The fraction of sp³-hybridized carbons (Fsp3) is 0.280. The van der Waals surface area contributed by atoms with Crippen LogP contribution in [0, 0.1) is 22.7 Å². The number of hydrogen-bond donors (Lipinski definition) is 3. The lowest BCUT2D eigenvalue weighted by molar-refractivity contribution is 0.0696. The van der Waals surface area contributed by atoms with Crippen molar-refractivity contribution in [2.75, 3.05) is 75.3 Å². The van der Waals surface area contributed by atoms with Gasteiger partial charge >= 0.3 is 5.97 Å². The molecule has 344 valence electrons. The number of carbonyl (C=O) groups excluding carboxylic acids is 1. The van der Waals surface area contributed by atoms with Crippen molar-refractivity contribution in [2.24, 2.45) is 5.73 Å². The van der Waals surface area contributed by atoms with E-state index in [2.05, 4.69) is 31.0 Å². The fourth-order valence-electron chi connectivity index (χ4n) is 6.12. The number of hydrogen-bond acceptors (Lipinski definition) is 13. The number of aromatic carboxylic acids is 1. The second kappa shape index (κ2) is 27.8. The van der Waals surface area contributed by atoms with E-state index in [4.69, 9.17) is 36.1 Å². The highest BCUT2D eigenvalue weighted by molar-refractivity contribution is 5.94. The number of nitrogens with two attached hydrogens (primary N) is 1. The number of nitrogens with one attached hydrogen (secondary N) is 1. The number of halogens is 1. The van der Waals surface area contributed by atoms with Gasteiger partial charge in [0.25, 0.3) is 5.91 Å². The number of ether oxygens (including phenoxy) is 2. The third-order valence-corrected chi connectivity index (χ3v) is 9.34. The van der Waals surface area contributed by atoms with E-state index in [1.165, 1.54) is 12.1 Å². The number of amides is 1. The second-order valence-corrected chi connectivity index (χ2v) is 13.6. The van der Waals surface area contributed by atoms with Crippen molar-refractivity contribution >= 4 is 35.7 Å². The van der Waals surface area contributed by atoms with E-state index >= 15 is 0 Å². The average molecular weight is 922 g/mol. The van der Waals surface area contributed by atoms with Gasteiger partial charge in [-0.15, -0.1) is 12.4 Å². The van der Waals surface area contributed by atoms with Crippen LogP contribution in [0.2, 0.25) is 0 Å². The Kier molecular flexibility index (Phi) is 17.5. The van der Waals surface area contributed by atoms with E-state index in [-0.39, 0.29) is 78.0 Å².